The van der Waals surface area contributed by atoms with Crippen molar-refractivity contribution in [2.45, 2.75) is 302 Å². The number of allylic oxidation sites excluding steroid dienone is 14. The van der Waals surface area contributed by atoms with Crippen molar-refractivity contribution in [2.24, 2.45) is 0 Å². The molecule has 0 spiro atoms. The fourth-order valence-electron chi connectivity index (χ4n) is 8.67. The third-order valence-electron chi connectivity index (χ3n) is 13.2. The van der Waals surface area contributed by atoms with E-state index in [4.69, 9.17) is 9.47 Å². The first-order valence-corrected chi connectivity index (χ1v) is 30.1. The fraction of sp³-hybridized carbons (Fsp3) is 0.754. The van der Waals surface area contributed by atoms with Gasteiger partial charge in [-0.2, -0.15) is 0 Å². The zero-order chi connectivity index (χ0) is 50.6. The van der Waals surface area contributed by atoms with Gasteiger partial charge in [0.1, 0.15) is 6.61 Å². The lowest BCUT2D eigenvalue weighted by molar-refractivity contribution is -0.161. The highest BCUT2D eigenvalue weighted by atomic mass is 16.6. The topological polar surface area (TPSA) is 72.8 Å². The first-order chi connectivity index (χ1) is 34.6. The van der Waals surface area contributed by atoms with Crippen molar-refractivity contribution in [3.8, 4) is 0 Å². The Balaban J connectivity index is 3.40. The van der Waals surface area contributed by atoms with E-state index >= 15 is 0 Å². The van der Waals surface area contributed by atoms with Crippen molar-refractivity contribution in [2.75, 3.05) is 13.2 Å². The summed E-state index contributed by atoms with van der Waals surface area (Å²) in [5.41, 5.74) is 0. The molecule has 5 nitrogen and oxygen atoms in total. The van der Waals surface area contributed by atoms with Crippen LogP contribution in [0.4, 0.5) is 0 Å². The summed E-state index contributed by atoms with van der Waals surface area (Å²) in [6.45, 7) is 4.01. The predicted molar refractivity (Wildman–Crippen MR) is 306 cm³/mol. The third kappa shape index (κ3) is 57.7. The van der Waals surface area contributed by atoms with Crippen LogP contribution < -0.4 is 0 Å². The van der Waals surface area contributed by atoms with E-state index in [0.717, 1.165) is 83.5 Å². The summed E-state index contributed by atoms with van der Waals surface area (Å²) in [5, 5.41) is 9.64. The zero-order valence-corrected chi connectivity index (χ0v) is 46.3. The molecule has 0 aromatic carbocycles. The van der Waals surface area contributed by atoms with E-state index in [0.29, 0.717) is 12.8 Å². The highest BCUT2D eigenvalue weighted by Crippen LogP contribution is 2.17. The summed E-state index contributed by atoms with van der Waals surface area (Å²) in [7, 11) is 0. The second-order valence-corrected chi connectivity index (χ2v) is 20.0. The number of hydrogen-bond acceptors (Lipinski definition) is 5. The van der Waals surface area contributed by atoms with E-state index < -0.39 is 6.10 Å². The van der Waals surface area contributed by atoms with Crippen molar-refractivity contribution in [3.63, 3.8) is 0 Å². The minimum atomic E-state index is -0.778. The summed E-state index contributed by atoms with van der Waals surface area (Å²) in [6, 6.07) is 0. The molecule has 5 heteroatoms. The normalized spacial score (nSPS) is 12.8. The molecular weight excluding hydrogens is 861 g/mol. The van der Waals surface area contributed by atoms with Crippen LogP contribution in [0.1, 0.15) is 296 Å². The van der Waals surface area contributed by atoms with Crippen molar-refractivity contribution in [1.29, 1.82) is 0 Å². The Morgan fingerprint density at radius 2 is 0.614 bits per heavy atom. The molecule has 0 aliphatic heterocycles. The van der Waals surface area contributed by atoms with E-state index in [1.54, 1.807) is 0 Å². The Morgan fingerprint density at radius 3 is 0.929 bits per heavy atom. The van der Waals surface area contributed by atoms with Gasteiger partial charge in [-0.25, -0.2) is 0 Å². The van der Waals surface area contributed by atoms with Gasteiger partial charge in [0.15, 0.2) is 6.10 Å². The first-order valence-electron chi connectivity index (χ1n) is 30.1. The summed E-state index contributed by atoms with van der Waals surface area (Å²) >= 11 is 0. The monoisotopic (exact) mass is 975 g/mol. The molecule has 0 aromatic heterocycles. The molecule has 0 heterocycles. The lowest BCUT2D eigenvalue weighted by atomic mass is 10.0. The lowest BCUT2D eigenvalue weighted by Crippen LogP contribution is -2.28. The minimum Gasteiger partial charge on any atom is -0.462 e. The van der Waals surface area contributed by atoms with Gasteiger partial charge in [0.2, 0.25) is 0 Å². The number of unbranched alkanes of at least 4 members (excludes halogenated alkanes) is 33. The maximum absolute atomic E-state index is 12.3. The number of esters is 2. The Hall–Kier alpha value is -2.92. The molecule has 70 heavy (non-hydrogen) atoms. The second kappa shape index (κ2) is 60.4. The average Bonchev–Trinajstić information content (AvgIpc) is 3.36. The van der Waals surface area contributed by atoms with Gasteiger partial charge in [-0.3, -0.25) is 9.59 Å². The van der Waals surface area contributed by atoms with Crippen LogP contribution in [0.3, 0.4) is 0 Å². The highest BCUT2D eigenvalue weighted by Gasteiger charge is 2.16. The Labute approximate surface area is 435 Å². The molecule has 0 saturated carbocycles. The zero-order valence-electron chi connectivity index (χ0n) is 46.3. The number of carbonyl (C=O) groups excluding carboxylic acids is 2. The predicted octanol–water partition coefficient (Wildman–Crippen LogP) is 20.5. The van der Waals surface area contributed by atoms with Gasteiger partial charge in [-0.05, 0) is 89.9 Å². The molecule has 1 atom stereocenters. The standard InChI is InChI=1S/C65H114O5/c1-3-5-7-9-11-13-15-17-19-20-21-22-23-24-25-26-27-28-29-30-31-32-33-34-35-36-37-38-39-40-41-42-43-44-46-48-50-52-54-56-58-60-65(68)70-63(61-66)62-69-64(67)59-57-55-53-51-49-47-45-18-16-14-12-10-8-6-4-2/h5,7,11-14,17-19,21-22,24-25,45,63,66H,3-4,6,8-10,15-16,20,23,26-44,46-62H2,1-2H3/b7-5-,13-11-,14-12-,19-17-,22-21-,25-24-,45-18-. The van der Waals surface area contributed by atoms with Gasteiger partial charge in [-0.15, -0.1) is 0 Å². The molecule has 1 unspecified atom stereocenters. The lowest BCUT2D eigenvalue weighted by Gasteiger charge is -2.15. The molecular formula is C65H114O5. The van der Waals surface area contributed by atoms with Gasteiger partial charge in [-0.1, -0.05) is 279 Å². The maximum atomic E-state index is 12.3. The smallest absolute Gasteiger partial charge is 0.306 e. The van der Waals surface area contributed by atoms with Crippen molar-refractivity contribution in [3.05, 3.63) is 85.1 Å². The van der Waals surface area contributed by atoms with Gasteiger partial charge in [0.25, 0.3) is 0 Å². The summed E-state index contributed by atoms with van der Waals surface area (Å²) < 4.78 is 10.7. The second-order valence-electron chi connectivity index (χ2n) is 20.0. The molecule has 0 aliphatic carbocycles. The number of rotatable bonds is 55. The molecule has 0 saturated heterocycles. The van der Waals surface area contributed by atoms with Crippen LogP contribution in [0.5, 0.6) is 0 Å². The number of ether oxygens (including phenoxy) is 2. The van der Waals surface area contributed by atoms with Crippen LogP contribution in [-0.2, 0) is 19.1 Å². The van der Waals surface area contributed by atoms with Crippen LogP contribution in [0.25, 0.3) is 0 Å². The fourth-order valence-corrected chi connectivity index (χ4v) is 8.67. The van der Waals surface area contributed by atoms with Crippen molar-refractivity contribution < 1.29 is 24.2 Å². The van der Waals surface area contributed by atoms with Crippen LogP contribution in [0, 0.1) is 0 Å². The largest absolute Gasteiger partial charge is 0.462 e. The molecule has 1 N–H and O–H groups in total. The third-order valence-corrected chi connectivity index (χ3v) is 13.2. The van der Waals surface area contributed by atoms with E-state index in [9.17, 15) is 14.7 Å². The number of hydrogen-bond donors (Lipinski definition) is 1. The SMILES string of the molecule is CC/C=C\C/C=C\C/C=C\C/C=C\C/C=C\CCCCCCCCCCCCCCCCCCCCCCCCCCCC(=O)OC(CO)COC(=O)CCCCCCC/C=C\C/C=C\CCCCC. The Morgan fingerprint density at radius 1 is 0.343 bits per heavy atom. The quantitative estimate of drug-likeness (QED) is 0.0373. The summed E-state index contributed by atoms with van der Waals surface area (Å²) in [5.74, 6) is -0.597. The van der Waals surface area contributed by atoms with Crippen molar-refractivity contribution >= 4 is 11.9 Å². The summed E-state index contributed by atoms with van der Waals surface area (Å²) in [6.07, 6.45) is 84.5. The van der Waals surface area contributed by atoms with Crippen molar-refractivity contribution in [1.82, 2.24) is 0 Å². The molecule has 404 valence electrons. The van der Waals surface area contributed by atoms with Gasteiger partial charge >= 0.3 is 11.9 Å². The van der Waals surface area contributed by atoms with Gasteiger partial charge < -0.3 is 14.6 Å². The Kier molecular flexibility index (Phi) is 57.9. The molecule has 0 fully saturated rings. The first kappa shape index (κ1) is 67.1. The van der Waals surface area contributed by atoms with Crippen LogP contribution in [-0.4, -0.2) is 36.4 Å². The minimum absolute atomic E-state index is 0.0718. The molecule has 0 bridgehead atoms. The summed E-state index contributed by atoms with van der Waals surface area (Å²) in [4.78, 5) is 24.5. The number of carbonyl (C=O) groups is 2. The van der Waals surface area contributed by atoms with E-state index in [-0.39, 0.29) is 25.2 Å². The van der Waals surface area contributed by atoms with Gasteiger partial charge in [0, 0.05) is 12.8 Å². The number of aliphatic hydroxyl groups is 1. The van der Waals surface area contributed by atoms with E-state index in [2.05, 4.69) is 98.9 Å². The van der Waals surface area contributed by atoms with Crippen LogP contribution in [0.15, 0.2) is 85.1 Å². The van der Waals surface area contributed by atoms with Crippen LogP contribution in [0.2, 0.25) is 0 Å². The Bertz CT molecular complexity index is 1290. The molecule has 0 rings (SSSR count). The highest BCUT2D eigenvalue weighted by molar-refractivity contribution is 5.70. The van der Waals surface area contributed by atoms with E-state index in [1.807, 2.05) is 0 Å². The maximum Gasteiger partial charge on any atom is 0.306 e. The van der Waals surface area contributed by atoms with E-state index in [1.165, 1.54) is 186 Å². The number of aliphatic hydroxyl groups excluding tert-OH is 1. The molecule has 0 amide bonds. The molecule has 0 aromatic rings. The molecule has 0 radical (unpaired) electrons. The molecule has 0 aliphatic rings. The average molecular weight is 976 g/mol. The van der Waals surface area contributed by atoms with Crippen LogP contribution >= 0.6 is 0 Å². The van der Waals surface area contributed by atoms with Gasteiger partial charge in [0.05, 0.1) is 6.61 Å².